The summed E-state index contributed by atoms with van der Waals surface area (Å²) in [5, 5.41) is 6.86. The largest absolute Gasteiger partial charge is 0.493 e. The molecule has 6 heteroatoms. The van der Waals surface area contributed by atoms with Gasteiger partial charge in [0.25, 0.3) is 0 Å². The van der Waals surface area contributed by atoms with Gasteiger partial charge in [-0.3, -0.25) is 9.48 Å². The molecule has 1 aromatic heterocycles. The molecule has 0 unspecified atom stereocenters. The third-order valence-electron chi connectivity index (χ3n) is 3.20. The molecule has 1 heterocycles. The Morgan fingerprint density at radius 2 is 2.25 bits per heavy atom. The van der Waals surface area contributed by atoms with Crippen LogP contribution in [0.1, 0.15) is 12.5 Å². The minimum absolute atomic E-state index is 0.225. The van der Waals surface area contributed by atoms with Crippen molar-refractivity contribution in [2.45, 2.75) is 13.5 Å². The maximum Gasteiger partial charge on any atom is 0.248 e. The highest BCUT2D eigenvalue weighted by Gasteiger charge is 2.05. The molecule has 0 aliphatic rings. The predicted octanol–water partition coefficient (Wildman–Crippen LogP) is 3.13. The summed E-state index contributed by atoms with van der Waals surface area (Å²) in [7, 11) is 1.57. The number of benzene rings is 1. The average molecular weight is 327 g/mol. The lowest BCUT2D eigenvalue weighted by Gasteiger charge is -2.09. The van der Waals surface area contributed by atoms with Gasteiger partial charge >= 0.3 is 0 Å². The molecule has 0 atom stereocenters. The third-order valence-corrected chi connectivity index (χ3v) is 3.20. The first kappa shape index (κ1) is 17.3. The Labute approximate surface area is 141 Å². The van der Waals surface area contributed by atoms with Crippen molar-refractivity contribution in [2.24, 2.45) is 0 Å². The molecule has 0 radical (unpaired) electrons. The zero-order valence-corrected chi connectivity index (χ0v) is 13.9. The van der Waals surface area contributed by atoms with Crippen molar-refractivity contribution in [3.05, 3.63) is 54.9 Å². The van der Waals surface area contributed by atoms with Gasteiger partial charge in [0.1, 0.15) is 6.61 Å². The van der Waals surface area contributed by atoms with E-state index in [4.69, 9.17) is 9.47 Å². The van der Waals surface area contributed by atoms with Crippen molar-refractivity contribution in [1.82, 2.24) is 9.78 Å². The molecule has 0 bridgehead atoms. The molecule has 1 aromatic carbocycles. The lowest BCUT2D eigenvalue weighted by molar-refractivity contribution is -0.111. The van der Waals surface area contributed by atoms with Crippen LogP contribution in [0.15, 0.2) is 49.3 Å². The van der Waals surface area contributed by atoms with Gasteiger partial charge in [0.2, 0.25) is 5.91 Å². The lowest BCUT2D eigenvalue weighted by atomic mass is 10.2. The Morgan fingerprint density at radius 3 is 2.92 bits per heavy atom. The van der Waals surface area contributed by atoms with E-state index in [0.29, 0.717) is 23.8 Å². The van der Waals surface area contributed by atoms with E-state index < -0.39 is 0 Å². The van der Waals surface area contributed by atoms with Crippen molar-refractivity contribution in [3.63, 3.8) is 0 Å². The van der Waals surface area contributed by atoms with Crippen molar-refractivity contribution < 1.29 is 14.3 Å². The van der Waals surface area contributed by atoms with Crippen LogP contribution < -0.4 is 14.8 Å². The molecule has 6 nitrogen and oxygen atoms in total. The van der Waals surface area contributed by atoms with E-state index in [-0.39, 0.29) is 5.91 Å². The molecule has 0 aliphatic heterocycles. The Bertz CT molecular complexity index is 735. The number of aromatic nitrogens is 2. The van der Waals surface area contributed by atoms with E-state index in [1.807, 2.05) is 13.0 Å². The summed E-state index contributed by atoms with van der Waals surface area (Å²) < 4.78 is 12.5. The Kier molecular flexibility index (Phi) is 6.19. The molecule has 126 valence electrons. The molecule has 0 fully saturated rings. The second kappa shape index (κ2) is 8.57. The van der Waals surface area contributed by atoms with Gasteiger partial charge in [-0.1, -0.05) is 18.7 Å². The molecular formula is C18H21N3O3. The van der Waals surface area contributed by atoms with E-state index in [1.54, 1.807) is 48.5 Å². The predicted molar refractivity (Wildman–Crippen MR) is 94.3 cm³/mol. The number of ether oxygens (including phenoxy) is 2. The summed E-state index contributed by atoms with van der Waals surface area (Å²) in [4.78, 5) is 11.9. The van der Waals surface area contributed by atoms with E-state index >= 15 is 0 Å². The summed E-state index contributed by atoms with van der Waals surface area (Å²) in [6.45, 7) is 6.75. The van der Waals surface area contributed by atoms with Gasteiger partial charge in [-0.25, -0.2) is 0 Å². The summed E-state index contributed by atoms with van der Waals surface area (Å²) in [5.41, 5.74) is 1.49. The average Bonchev–Trinajstić information content (AvgIpc) is 3.05. The van der Waals surface area contributed by atoms with Gasteiger partial charge in [0, 0.05) is 18.8 Å². The second-order valence-electron chi connectivity index (χ2n) is 4.92. The number of hydrogen-bond acceptors (Lipinski definition) is 4. The fourth-order valence-electron chi connectivity index (χ4n) is 2.01. The zero-order valence-electron chi connectivity index (χ0n) is 13.9. The summed E-state index contributed by atoms with van der Waals surface area (Å²) in [6.07, 6.45) is 8.23. The standard InChI is InChI=1S/C18H21N3O3/c1-4-10-24-16-8-6-14(11-17(16)23-3)7-9-18(22)20-15-12-19-21(5-2)13-15/h4,6-9,11-13H,1,5,10H2,2-3H3,(H,20,22). The van der Waals surface area contributed by atoms with Crippen LogP contribution in [-0.4, -0.2) is 29.4 Å². The maximum atomic E-state index is 11.9. The van der Waals surface area contributed by atoms with E-state index in [1.165, 1.54) is 6.08 Å². The van der Waals surface area contributed by atoms with Gasteiger partial charge in [-0.05, 0) is 30.7 Å². The van der Waals surface area contributed by atoms with Crippen molar-refractivity contribution in [3.8, 4) is 11.5 Å². The first-order chi connectivity index (χ1) is 11.7. The molecule has 0 aliphatic carbocycles. The highest BCUT2D eigenvalue weighted by atomic mass is 16.5. The number of hydrogen-bond donors (Lipinski definition) is 1. The number of nitrogens with zero attached hydrogens (tertiary/aromatic N) is 2. The van der Waals surface area contributed by atoms with Gasteiger partial charge in [0.15, 0.2) is 11.5 Å². The van der Waals surface area contributed by atoms with Crippen molar-refractivity contribution in [2.75, 3.05) is 19.0 Å². The van der Waals surface area contributed by atoms with Crippen LogP contribution in [0.3, 0.4) is 0 Å². The van der Waals surface area contributed by atoms with Gasteiger partial charge in [0.05, 0.1) is 19.0 Å². The molecule has 1 amide bonds. The Morgan fingerprint density at radius 1 is 1.42 bits per heavy atom. The molecule has 1 N–H and O–H groups in total. The van der Waals surface area contributed by atoms with Crippen LogP contribution >= 0.6 is 0 Å². The number of methoxy groups -OCH3 is 1. The number of amides is 1. The number of aryl methyl sites for hydroxylation is 1. The molecule has 0 spiro atoms. The maximum absolute atomic E-state index is 11.9. The number of carbonyl (C=O) groups is 1. The van der Waals surface area contributed by atoms with Gasteiger partial charge in [-0.15, -0.1) is 0 Å². The summed E-state index contributed by atoms with van der Waals surface area (Å²) in [5.74, 6) is 1.01. The Balaban J connectivity index is 2.02. The van der Waals surface area contributed by atoms with Crippen molar-refractivity contribution in [1.29, 1.82) is 0 Å². The molecule has 24 heavy (non-hydrogen) atoms. The molecule has 2 aromatic rings. The van der Waals surface area contributed by atoms with Crippen LogP contribution in [0.25, 0.3) is 6.08 Å². The smallest absolute Gasteiger partial charge is 0.248 e. The number of anilines is 1. The van der Waals surface area contributed by atoms with Crippen LogP contribution in [0.2, 0.25) is 0 Å². The number of carbonyl (C=O) groups excluding carboxylic acids is 1. The van der Waals surface area contributed by atoms with E-state index in [2.05, 4.69) is 17.0 Å². The van der Waals surface area contributed by atoms with Crippen LogP contribution in [0.4, 0.5) is 5.69 Å². The van der Waals surface area contributed by atoms with Crippen LogP contribution in [-0.2, 0) is 11.3 Å². The monoisotopic (exact) mass is 327 g/mol. The Hall–Kier alpha value is -3.02. The summed E-state index contributed by atoms with van der Waals surface area (Å²) in [6, 6.07) is 5.45. The molecular weight excluding hydrogens is 306 g/mol. The zero-order chi connectivity index (χ0) is 17.4. The molecule has 0 saturated carbocycles. The van der Waals surface area contributed by atoms with Gasteiger partial charge in [-0.2, -0.15) is 5.10 Å². The number of rotatable bonds is 8. The first-order valence-electron chi connectivity index (χ1n) is 7.59. The SMILES string of the molecule is C=CCOc1ccc(C=CC(=O)Nc2cnn(CC)c2)cc1OC. The normalized spacial score (nSPS) is 10.6. The first-order valence-corrected chi connectivity index (χ1v) is 7.59. The topological polar surface area (TPSA) is 65.4 Å². The highest BCUT2D eigenvalue weighted by molar-refractivity contribution is 6.01. The van der Waals surface area contributed by atoms with Crippen molar-refractivity contribution >= 4 is 17.7 Å². The number of nitrogens with one attached hydrogen (secondary N) is 1. The van der Waals surface area contributed by atoms with Crippen LogP contribution in [0.5, 0.6) is 11.5 Å². The quantitative estimate of drug-likeness (QED) is 0.597. The highest BCUT2D eigenvalue weighted by Crippen LogP contribution is 2.28. The second-order valence-corrected chi connectivity index (χ2v) is 4.92. The van der Waals surface area contributed by atoms with E-state index in [9.17, 15) is 4.79 Å². The third kappa shape index (κ3) is 4.74. The minimum atomic E-state index is -0.225. The van der Waals surface area contributed by atoms with Gasteiger partial charge < -0.3 is 14.8 Å². The van der Waals surface area contributed by atoms with E-state index in [0.717, 1.165) is 12.1 Å². The molecule has 0 saturated heterocycles. The summed E-state index contributed by atoms with van der Waals surface area (Å²) >= 11 is 0. The fourth-order valence-corrected chi connectivity index (χ4v) is 2.01. The molecule has 2 rings (SSSR count). The lowest BCUT2D eigenvalue weighted by Crippen LogP contribution is -2.07. The minimum Gasteiger partial charge on any atom is -0.493 e. The fraction of sp³-hybridized carbons (Fsp3) is 0.222. The van der Waals surface area contributed by atoms with Crippen LogP contribution in [0, 0.1) is 0 Å².